The van der Waals surface area contributed by atoms with E-state index >= 15 is 0 Å². The van der Waals surface area contributed by atoms with Gasteiger partial charge in [0.25, 0.3) is 0 Å². The Morgan fingerprint density at radius 1 is 0.633 bits per heavy atom. The number of phenols is 1. The molecule has 3 aromatic carbocycles. The lowest BCUT2D eigenvalue weighted by molar-refractivity contribution is -0.122. The third-order valence-electron chi connectivity index (χ3n) is 6.15. The van der Waals surface area contributed by atoms with E-state index in [0.29, 0.717) is 5.69 Å². The van der Waals surface area contributed by atoms with Crippen molar-refractivity contribution in [3.63, 3.8) is 0 Å². The lowest BCUT2D eigenvalue weighted by atomic mass is 9.68. The summed E-state index contributed by atoms with van der Waals surface area (Å²) < 4.78 is 0. The summed E-state index contributed by atoms with van der Waals surface area (Å²) in [5.74, 6) is -1.72. The molecule has 1 fully saturated rings. The number of allylic oxidation sites excluding steroid dienone is 2. The Bertz CT molecular complexity index is 1060. The van der Waals surface area contributed by atoms with Crippen LogP contribution >= 0.6 is 0 Å². The predicted octanol–water partition coefficient (Wildman–Crippen LogP) is 4.64. The van der Waals surface area contributed by atoms with Gasteiger partial charge in [0.15, 0.2) is 0 Å². The second kappa shape index (κ2) is 7.30. The van der Waals surface area contributed by atoms with E-state index in [1.165, 1.54) is 17.0 Å². The van der Waals surface area contributed by atoms with E-state index in [4.69, 9.17) is 0 Å². The number of aromatic hydroxyl groups is 1. The first-order valence-electron chi connectivity index (χ1n) is 10.1. The van der Waals surface area contributed by atoms with Gasteiger partial charge in [0.2, 0.25) is 11.8 Å². The van der Waals surface area contributed by atoms with Crippen LogP contribution < -0.4 is 4.90 Å². The molecule has 0 bridgehead atoms. The quantitative estimate of drug-likeness (QED) is 0.519. The number of anilines is 1. The SMILES string of the molecule is O=C1[C@@H]2[C@H](C(=O)N1c1cccc(O)c1)[C@H](c1ccccc1)C=C[C@H]2c1ccccc1. The zero-order chi connectivity index (χ0) is 20.7. The average Bonchev–Trinajstić information content (AvgIpc) is 3.05. The van der Waals surface area contributed by atoms with E-state index in [0.717, 1.165) is 11.1 Å². The maximum atomic E-state index is 13.6. The number of fused-ring (bicyclic) bond motifs is 1. The second-order valence-corrected chi connectivity index (χ2v) is 7.84. The predicted molar refractivity (Wildman–Crippen MR) is 115 cm³/mol. The van der Waals surface area contributed by atoms with Gasteiger partial charge in [0, 0.05) is 17.9 Å². The van der Waals surface area contributed by atoms with Crippen molar-refractivity contribution in [1.29, 1.82) is 0 Å². The molecule has 0 spiro atoms. The van der Waals surface area contributed by atoms with Crippen LogP contribution in [-0.4, -0.2) is 16.9 Å². The Morgan fingerprint density at radius 3 is 1.60 bits per heavy atom. The van der Waals surface area contributed by atoms with E-state index in [1.807, 2.05) is 60.7 Å². The molecule has 5 rings (SSSR count). The number of hydrogen-bond donors (Lipinski definition) is 1. The van der Waals surface area contributed by atoms with Gasteiger partial charge in [-0.15, -0.1) is 0 Å². The summed E-state index contributed by atoms with van der Waals surface area (Å²) in [6.45, 7) is 0. The van der Waals surface area contributed by atoms with E-state index in [9.17, 15) is 14.7 Å². The maximum Gasteiger partial charge on any atom is 0.238 e. The number of phenolic OH excluding ortho intramolecular Hbond substituents is 1. The number of hydrogen-bond acceptors (Lipinski definition) is 3. The zero-order valence-electron chi connectivity index (χ0n) is 16.3. The molecular formula is C26H21NO3. The van der Waals surface area contributed by atoms with Crippen LogP contribution in [0.3, 0.4) is 0 Å². The summed E-state index contributed by atoms with van der Waals surface area (Å²) in [6.07, 6.45) is 4.15. The van der Waals surface area contributed by atoms with Crippen molar-refractivity contribution >= 4 is 17.5 Å². The van der Waals surface area contributed by atoms with Gasteiger partial charge >= 0.3 is 0 Å². The van der Waals surface area contributed by atoms with Crippen molar-refractivity contribution in [1.82, 2.24) is 0 Å². The molecule has 1 saturated heterocycles. The first kappa shape index (κ1) is 18.4. The third kappa shape index (κ3) is 2.92. The third-order valence-corrected chi connectivity index (χ3v) is 6.15. The molecular weight excluding hydrogens is 374 g/mol. The molecule has 0 aromatic heterocycles. The standard InChI is InChI=1S/C26H21NO3/c28-20-13-7-12-19(16-20)27-25(29)23-21(17-8-3-1-4-9-17)14-15-22(24(23)26(27)30)18-10-5-2-6-11-18/h1-16,21-24,28H/t21-,22-,23-,24+/m0/s1. The lowest BCUT2D eigenvalue weighted by Crippen LogP contribution is -2.31. The normalized spacial score (nSPS) is 25.4. The highest BCUT2D eigenvalue weighted by Gasteiger charge is 2.55. The molecule has 1 aliphatic carbocycles. The number of rotatable bonds is 3. The van der Waals surface area contributed by atoms with Crippen molar-refractivity contribution in [2.75, 3.05) is 4.90 Å². The number of carbonyl (C=O) groups excluding carboxylic acids is 2. The monoisotopic (exact) mass is 395 g/mol. The van der Waals surface area contributed by atoms with Crippen LogP contribution in [0.5, 0.6) is 5.75 Å². The van der Waals surface area contributed by atoms with Crippen LogP contribution in [0, 0.1) is 11.8 Å². The molecule has 0 radical (unpaired) electrons. The first-order chi connectivity index (χ1) is 14.6. The highest BCUT2D eigenvalue weighted by molar-refractivity contribution is 6.23. The van der Waals surface area contributed by atoms with Crippen molar-refractivity contribution in [3.05, 3.63) is 108 Å². The molecule has 0 unspecified atom stereocenters. The summed E-state index contributed by atoms with van der Waals surface area (Å²) in [7, 11) is 0. The fraction of sp³-hybridized carbons (Fsp3) is 0.154. The number of imide groups is 1. The van der Waals surface area contributed by atoms with Crippen LogP contribution in [-0.2, 0) is 9.59 Å². The molecule has 0 saturated carbocycles. The number of nitrogens with zero attached hydrogens (tertiary/aromatic N) is 1. The van der Waals surface area contributed by atoms with Crippen molar-refractivity contribution in [2.45, 2.75) is 11.8 Å². The average molecular weight is 395 g/mol. The van der Waals surface area contributed by atoms with Gasteiger partial charge in [-0.1, -0.05) is 78.9 Å². The summed E-state index contributed by atoms with van der Waals surface area (Å²) in [6, 6.07) is 26.1. The molecule has 4 atom stereocenters. The van der Waals surface area contributed by atoms with Crippen LogP contribution in [0.15, 0.2) is 97.1 Å². The highest BCUT2D eigenvalue weighted by atomic mass is 16.3. The van der Waals surface area contributed by atoms with E-state index in [1.54, 1.807) is 12.1 Å². The van der Waals surface area contributed by atoms with Gasteiger partial charge in [-0.3, -0.25) is 9.59 Å². The van der Waals surface area contributed by atoms with Crippen LogP contribution in [0.1, 0.15) is 23.0 Å². The number of amides is 2. The fourth-order valence-electron chi connectivity index (χ4n) is 4.82. The minimum absolute atomic E-state index is 0.0281. The Labute approximate surface area is 175 Å². The molecule has 2 amide bonds. The van der Waals surface area contributed by atoms with Crippen LogP contribution in [0.4, 0.5) is 5.69 Å². The van der Waals surface area contributed by atoms with E-state index in [2.05, 4.69) is 12.2 Å². The molecule has 1 heterocycles. The molecule has 1 aliphatic heterocycles. The second-order valence-electron chi connectivity index (χ2n) is 7.84. The minimum atomic E-state index is -0.488. The van der Waals surface area contributed by atoms with Gasteiger partial charge < -0.3 is 5.11 Å². The Kier molecular flexibility index (Phi) is 4.47. The Balaban J connectivity index is 1.64. The maximum absolute atomic E-state index is 13.6. The molecule has 148 valence electrons. The lowest BCUT2D eigenvalue weighted by Gasteiger charge is -2.32. The van der Waals surface area contributed by atoms with E-state index in [-0.39, 0.29) is 29.4 Å². The smallest absolute Gasteiger partial charge is 0.238 e. The molecule has 3 aromatic rings. The summed E-state index contributed by atoms with van der Waals surface area (Å²) >= 11 is 0. The van der Waals surface area contributed by atoms with E-state index < -0.39 is 11.8 Å². The summed E-state index contributed by atoms with van der Waals surface area (Å²) in [5, 5.41) is 9.90. The van der Waals surface area contributed by atoms with Gasteiger partial charge in [-0.25, -0.2) is 4.90 Å². The molecule has 2 aliphatic rings. The Morgan fingerprint density at radius 2 is 1.13 bits per heavy atom. The van der Waals surface area contributed by atoms with Gasteiger partial charge in [-0.05, 0) is 23.3 Å². The van der Waals surface area contributed by atoms with Crippen LogP contribution in [0.25, 0.3) is 0 Å². The number of carbonyl (C=O) groups is 2. The largest absolute Gasteiger partial charge is 0.508 e. The zero-order valence-corrected chi connectivity index (χ0v) is 16.3. The van der Waals surface area contributed by atoms with Gasteiger partial charge in [0.05, 0.1) is 17.5 Å². The molecule has 30 heavy (non-hydrogen) atoms. The van der Waals surface area contributed by atoms with Crippen molar-refractivity contribution in [3.8, 4) is 5.75 Å². The molecule has 4 heteroatoms. The van der Waals surface area contributed by atoms with Gasteiger partial charge in [-0.2, -0.15) is 0 Å². The molecule has 4 nitrogen and oxygen atoms in total. The molecule has 1 N–H and O–H groups in total. The number of benzene rings is 3. The highest BCUT2D eigenvalue weighted by Crippen LogP contribution is 2.50. The van der Waals surface area contributed by atoms with Crippen molar-refractivity contribution in [2.24, 2.45) is 11.8 Å². The minimum Gasteiger partial charge on any atom is -0.508 e. The van der Waals surface area contributed by atoms with Crippen LogP contribution in [0.2, 0.25) is 0 Å². The fourth-order valence-corrected chi connectivity index (χ4v) is 4.82. The van der Waals surface area contributed by atoms with Gasteiger partial charge in [0.1, 0.15) is 5.75 Å². The summed E-state index contributed by atoms with van der Waals surface area (Å²) in [4.78, 5) is 28.5. The topological polar surface area (TPSA) is 57.6 Å². The van der Waals surface area contributed by atoms with Crippen molar-refractivity contribution < 1.29 is 14.7 Å². The summed E-state index contributed by atoms with van der Waals surface area (Å²) in [5.41, 5.74) is 2.46. The Hall–Kier alpha value is -3.66. The first-order valence-corrected chi connectivity index (χ1v) is 10.1.